The van der Waals surface area contributed by atoms with Crippen molar-refractivity contribution >= 4 is 38.9 Å². The van der Waals surface area contributed by atoms with E-state index in [2.05, 4.69) is 14.8 Å². The molecular weight excluding hydrogens is 438 g/mol. The average Bonchev–Trinajstić information content (AvgIpc) is 3.21. The Balaban J connectivity index is 1.44. The molecule has 35 heavy (non-hydrogen) atoms. The first-order valence-corrected chi connectivity index (χ1v) is 11.3. The minimum atomic E-state index is -0.336. The number of anilines is 1. The molecular formula is C28H21N5O2. The second-order valence-electron chi connectivity index (χ2n) is 8.38. The fourth-order valence-corrected chi connectivity index (χ4v) is 4.59. The molecule has 6 rings (SSSR count). The van der Waals surface area contributed by atoms with Gasteiger partial charge in [0.05, 0.1) is 27.9 Å². The number of nitrogens with zero attached hydrogens (tertiary/aromatic N) is 4. The van der Waals surface area contributed by atoms with E-state index in [9.17, 15) is 9.59 Å². The van der Waals surface area contributed by atoms with Gasteiger partial charge in [-0.3, -0.25) is 14.0 Å². The van der Waals surface area contributed by atoms with Crippen molar-refractivity contribution in [3.8, 4) is 11.3 Å². The number of carbonyl (C=O) groups is 1. The zero-order valence-electron chi connectivity index (χ0n) is 19.0. The van der Waals surface area contributed by atoms with Gasteiger partial charge in [0.1, 0.15) is 12.4 Å². The van der Waals surface area contributed by atoms with Crippen LogP contribution in [0.3, 0.4) is 0 Å². The van der Waals surface area contributed by atoms with E-state index < -0.39 is 0 Å². The molecule has 1 amide bonds. The molecule has 0 fully saturated rings. The smallest absolute Gasteiger partial charge is 0.267 e. The van der Waals surface area contributed by atoms with Crippen LogP contribution in [0.25, 0.3) is 38.6 Å². The molecule has 0 aliphatic rings. The highest BCUT2D eigenvalue weighted by Crippen LogP contribution is 2.36. The Labute approximate surface area is 200 Å². The van der Waals surface area contributed by atoms with Crippen LogP contribution >= 0.6 is 0 Å². The van der Waals surface area contributed by atoms with Crippen LogP contribution in [-0.2, 0) is 11.3 Å². The van der Waals surface area contributed by atoms with Gasteiger partial charge in [0.2, 0.25) is 5.91 Å². The molecule has 3 heterocycles. The minimum absolute atomic E-state index is 0.201. The van der Waals surface area contributed by atoms with E-state index in [4.69, 9.17) is 4.98 Å². The van der Waals surface area contributed by atoms with Crippen LogP contribution in [-0.4, -0.2) is 25.1 Å². The minimum Gasteiger partial charge on any atom is -0.322 e. The number of hydrogen-bond donors (Lipinski definition) is 1. The molecule has 0 atom stereocenters. The third-order valence-corrected chi connectivity index (χ3v) is 6.13. The van der Waals surface area contributed by atoms with Crippen molar-refractivity contribution in [3.05, 3.63) is 107 Å². The standard InChI is InChI=1S/C28H21N5O2/c1-18-29-23-13-7-5-11-20(23)28-27(21-12-6-8-14-24(21)33(18)28)30-25(34)17-32-26(35)16-15-22(31-32)19-9-3-2-4-10-19/h2-16H,17H2,1H3,(H,30,34). The summed E-state index contributed by atoms with van der Waals surface area (Å²) < 4.78 is 3.26. The maximum Gasteiger partial charge on any atom is 0.267 e. The van der Waals surface area contributed by atoms with Crippen LogP contribution in [0, 0.1) is 6.92 Å². The van der Waals surface area contributed by atoms with Gasteiger partial charge in [0, 0.05) is 22.4 Å². The lowest BCUT2D eigenvalue weighted by molar-refractivity contribution is -0.117. The Morgan fingerprint density at radius 3 is 2.40 bits per heavy atom. The van der Waals surface area contributed by atoms with Gasteiger partial charge in [-0.2, -0.15) is 5.10 Å². The lowest BCUT2D eigenvalue weighted by atomic mass is 10.1. The second kappa shape index (κ2) is 8.22. The quantitative estimate of drug-likeness (QED) is 0.410. The van der Waals surface area contributed by atoms with E-state index in [0.29, 0.717) is 11.4 Å². The molecule has 0 radical (unpaired) electrons. The summed E-state index contributed by atoms with van der Waals surface area (Å²) in [7, 11) is 0. The van der Waals surface area contributed by atoms with Gasteiger partial charge in [0.15, 0.2) is 0 Å². The van der Waals surface area contributed by atoms with Gasteiger partial charge >= 0.3 is 0 Å². The second-order valence-corrected chi connectivity index (χ2v) is 8.38. The number of carbonyl (C=O) groups excluding carboxylic acids is 1. The number of fused-ring (bicyclic) bond motifs is 5. The van der Waals surface area contributed by atoms with Crippen molar-refractivity contribution in [1.82, 2.24) is 19.2 Å². The lowest BCUT2D eigenvalue weighted by Crippen LogP contribution is -2.29. The molecule has 0 aliphatic heterocycles. The Bertz CT molecular complexity index is 1800. The molecule has 0 saturated carbocycles. The van der Waals surface area contributed by atoms with E-state index in [1.165, 1.54) is 10.7 Å². The predicted octanol–water partition coefficient (Wildman–Crippen LogP) is 4.81. The Morgan fingerprint density at radius 2 is 1.57 bits per heavy atom. The molecule has 7 heteroatoms. The highest BCUT2D eigenvalue weighted by Gasteiger charge is 2.19. The molecule has 0 bridgehead atoms. The van der Waals surface area contributed by atoms with E-state index in [1.54, 1.807) is 6.07 Å². The van der Waals surface area contributed by atoms with Gasteiger partial charge in [-0.25, -0.2) is 9.67 Å². The van der Waals surface area contributed by atoms with Gasteiger partial charge < -0.3 is 5.32 Å². The molecule has 0 unspecified atom stereocenters. The molecule has 1 N–H and O–H groups in total. The van der Waals surface area contributed by atoms with Crippen LogP contribution < -0.4 is 10.9 Å². The van der Waals surface area contributed by atoms with Crippen molar-refractivity contribution < 1.29 is 4.79 Å². The zero-order chi connectivity index (χ0) is 23.9. The number of benzene rings is 3. The SMILES string of the molecule is Cc1nc2ccccc2c2c(NC(=O)Cn3nc(-c4ccccc4)ccc3=O)c3ccccc3n12. The highest BCUT2D eigenvalue weighted by molar-refractivity contribution is 6.16. The summed E-state index contributed by atoms with van der Waals surface area (Å²) >= 11 is 0. The lowest BCUT2D eigenvalue weighted by Gasteiger charge is -2.10. The number of aromatic nitrogens is 4. The fraction of sp³-hybridized carbons (Fsp3) is 0.0714. The van der Waals surface area contributed by atoms with Gasteiger partial charge in [-0.15, -0.1) is 0 Å². The normalized spacial score (nSPS) is 11.3. The van der Waals surface area contributed by atoms with Crippen LogP contribution in [0.1, 0.15) is 5.82 Å². The summed E-state index contributed by atoms with van der Waals surface area (Å²) in [4.78, 5) is 30.5. The van der Waals surface area contributed by atoms with Crippen molar-refractivity contribution in [2.75, 3.05) is 5.32 Å². The largest absolute Gasteiger partial charge is 0.322 e. The predicted molar refractivity (Wildman–Crippen MR) is 138 cm³/mol. The third-order valence-electron chi connectivity index (χ3n) is 6.13. The molecule has 7 nitrogen and oxygen atoms in total. The third kappa shape index (κ3) is 3.54. The topological polar surface area (TPSA) is 81.3 Å². The first-order chi connectivity index (χ1) is 17.1. The number of aryl methyl sites for hydroxylation is 1. The highest BCUT2D eigenvalue weighted by atomic mass is 16.2. The number of rotatable bonds is 4. The van der Waals surface area contributed by atoms with Gasteiger partial charge in [-0.1, -0.05) is 66.7 Å². The van der Waals surface area contributed by atoms with Crippen molar-refractivity contribution in [2.45, 2.75) is 13.5 Å². The maximum absolute atomic E-state index is 13.3. The van der Waals surface area contributed by atoms with Gasteiger partial charge in [-0.05, 0) is 25.1 Å². The molecule has 6 aromatic rings. The maximum atomic E-state index is 13.3. The summed E-state index contributed by atoms with van der Waals surface area (Å²) in [6.07, 6.45) is 0. The zero-order valence-corrected chi connectivity index (χ0v) is 19.0. The molecule has 0 aliphatic carbocycles. The molecule has 3 aromatic carbocycles. The van der Waals surface area contributed by atoms with Crippen LogP contribution in [0.15, 0.2) is 95.8 Å². The van der Waals surface area contributed by atoms with E-state index >= 15 is 0 Å². The fourth-order valence-electron chi connectivity index (χ4n) is 4.59. The van der Waals surface area contributed by atoms with Crippen LogP contribution in [0.5, 0.6) is 0 Å². The van der Waals surface area contributed by atoms with Crippen molar-refractivity contribution in [3.63, 3.8) is 0 Å². The number of para-hydroxylation sites is 2. The Morgan fingerprint density at radius 1 is 0.857 bits per heavy atom. The number of hydrogen-bond acceptors (Lipinski definition) is 4. The molecule has 0 spiro atoms. The molecule has 3 aromatic heterocycles. The summed E-state index contributed by atoms with van der Waals surface area (Å²) in [5.41, 5.74) is 4.54. The first-order valence-electron chi connectivity index (χ1n) is 11.3. The van der Waals surface area contributed by atoms with Crippen LogP contribution in [0.4, 0.5) is 5.69 Å². The molecule has 170 valence electrons. The van der Waals surface area contributed by atoms with Crippen molar-refractivity contribution in [2.24, 2.45) is 0 Å². The van der Waals surface area contributed by atoms with Crippen LogP contribution in [0.2, 0.25) is 0 Å². The summed E-state index contributed by atoms with van der Waals surface area (Å²) in [6, 6.07) is 28.4. The van der Waals surface area contributed by atoms with Crippen molar-refractivity contribution in [1.29, 1.82) is 0 Å². The summed E-state index contributed by atoms with van der Waals surface area (Å²) in [5, 5.41) is 9.34. The van der Waals surface area contributed by atoms with E-state index in [0.717, 1.165) is 38.7 Å². The Kier molecular flexibility index (Phi) is 4.88. The average molecular weight is 460 g/mol. The monoisotopic (exact) mass is 459 g/mol. The van der Waals surface area contributed by atoms with E-state index in [-0.39, 0.29) is 18.0 Å². The first kappa shape index (κ1) is 20.8. The van der Waals surface area contributed by atoms with E-state index in [1.807, 2.05) is 85.8 Å². The van der Waals surface area contributed by atoms with Gasteiger partial charge in [0.25, 0.3) is 5.56 Å². The number of amides is 1. The summed E-state index contributed by atoms with van der Waals surface area (Å²) in [6.45, 7) is 1.75. The molecule has 0 saturated heterocycles. The number of nitrogens with one attached hydrogen (secondary N) is 1. The summed E-state index contributed by atoms with van der Waals surface area (Å²) in [5.74, 6) is 0.491. The Hall–Kier alpha value is -4.78.